The third-order valence-electron chi connectivity index (χ3n) is 3.58. The minimum atomic E-state index is -0.0817. The molecule has 0 saturated heterocycles. The van der Waals surface area contributed by atoms with Crippen molar-refractivity contribution in [2.24, 2.45) is 5.73 Å². The van der Waals surface area contributed by atoms with Crippen LogP contribution in [0.3, 0.4) is 0 Å². The van der Waals surface area contributed by atoms with Gasteiger partial charge >= 0.3 is 0 Å². The predicted molar refractivity (Wildman–Crippen MR) is 108 cm³/mol. The number of rotatable bonds is 10. The zero-order chi connectivity index (χ0) is 18.8. The van der Waals surface area contributed by atoms with Gasteiger partial charge in [0.15, 0.2) is 5.78 Å². The number of Topliss-reactive ketones (excluding diaryl/α,β-unsaturated/α-hetero) is 1. The summed E-state index contributed by atoms with van der Waals surface area (Å²) in [6, 6.07) is 14.2. The molecule has 0 aromatic heterocycles. The van der Waals surface area contributed by atoms with E-state index in [1.54, 1.807) is 48.5 Å². The van der Waals surface area contributed by atoms with Gasteiger partial charge in [-0.3, -0.25) is 9.59 Å². The number of ether oxygens (including phenoxy) is 2. The van der Waals surface area contributed by atoms with Crippen LogP contribution in [0, 0.1) is 0 Å². The first-order chi connectivity index (χ1) is 12.6. The number of ketones is 1. The molecule has 0 unspecified atom stereocenters. The van der Waals surface area contributed by atoms with Crippen LogP contribution < -0.4 is 20.5 Å². The molecule has 0 bridgehead atoms. The van der Waals surface area contributed by atoms with Crippen LogP contribution in [0.15, 0.2) is 48.5 Å². The van der Waals surface area contributed by atoms with Gasteiger partial charge in [0.2, 0.25) is 5.91 Å². The van der Waals surface area contributed by atoms with E-state index in [4.69, 9.17) is 15.2 Å². The highest BCUT2D eigenvalue weighted by Crippen LogP contribution is 2.16. The molecule has 0 heterocycles. The highest BCUT2D eigenvalue weighted by Gasteiger charge is 2.04. The Kier molecular flexibility index (Phi) is 9.93. The molecule has 3 N–H and O–H groups in total. The summed E-state index contributed by atoms with van der Waals surface area (Å²) in [6.45, 7) is 2.83. The lowest BCUT2D eigenvalue weighted by atomic mass is 10.1. The first kappa shape index (κ1) is 22.5. The van der Waals surface area contributed by atoms with Crippen LogP contribution in [0.25, 0.3) is 0 Å². The van der Waals surface area contributed by atoms with Crippen molar-refractivity contribution in [3.63, 3.8) is 0 Å². The molecule has 1 amide bonds. The molecule has 6 nitrogen and oxygen atoms in total. The predicted octanol–water partition coefficient (Wildman–Crippen LogP) is 3.45. The molecular weight excluding hydrogens is 368 g/mol. The third-order valence-corrected chi connectivity index (χ3v) is 3.58. The number of hydrogen-bond donors (Lipinski definition) is 2. The monoisotopic (exact) mass is 392 g/mol. The minimum Gasteiger partial charge on any atom is -0.494 e. The van der Waals surface area contributed by atoms with Gasteiger partial charge in [-0.15, -0.1) is 12.4 Å². The summed E-state index contributed by atoms with van der Waals surface area (Å²) in [5.41, 5.74) is 6.70. The molecule has 2 aromatic carbocycles. The molecule has 0 aliphatic rings. The maximum absolute atomic E-state index is 12.0. The van der Waals surface area contributed by atoms with E-state index >= 15 is 0 Å². The van der Waals surface area contributed by atoms with Crippen LogP contribution >= 0.6 is 12.4 Å². The molecular formula is C20H25ClN2O4. The van der Waals surface area contributed by atoms with E-state index in [0.29, 0.717) is 49.6 Å². The van der Waals surface area contributed by atoms with Crippen molar-refractivity contribution in [2.75, 3.05) is 25.1 Å². The lowest BCUT2D eigenvalue weighted by molar-refractivity contribution is -0.116. The fourth-order valence-electron chi connectivity index (χ4n) is 2.26. The summed E-state index contributed by atoms with van der Waals surface area (Å²) in [5.74, 6) is 1.26. The first-order valence-corrected chi connectivity index (χ1v) is 8.55. The third kappa shape index (κ3) is 8.11. The molecule has 0 atom stereocenters. The van der Waals surface area contributed by atoms with E-state index in [1.807, 2.05) is 0 Å². The van der Waals surface area contributed by atoms with Crippen LogP contribution in [-0.4, -0.2) is 31.4 Å². The van der Waals surface area contributed by atoms with Crippen molar-refractivity contribution in [3.05, 3.63) is 54.1 Å². The van der Waals surface area contributed by atoms with Gasteiger partial charge in [-0.25, -0.2) is 0 Å². The molecule has 146 valence electrons. The molecule has 0 saturated carbocycles. The SMILES string of the molecule is CC(=O)c1cccc(OCCCC(=O)Nc2ccc(OCCN)cc2)c1.Cl. The number of amides is 1. The van der Waals surface area contributed by atoms with E-state index in [-0.39, 0.29) is 24.1 Å². The second-order valence-electron chi connectivity index (χ2n) is 5.75. The van der Waals surface area contributed by atoms with Crippen molar-refractivity contribution in [1.82, 2.24) is 0 Å². The Balaban J connectivity index is 0.00000364. The molecule has 0 aliphatic heterocycles. The summed E-state index contributed by atoms with van der Waals surface area (Å²) in [7, 11) is 0. The summed E-state index contributed by atoms with van der Waals surface area (Å²) in [5, 5.41) is 2.83. The smallest absolute Gasteiger partial charge is 0.224 e. The summed E-state index contributed by atoms with van der Waals surface area (Å²) < 4.78 is 11.0. The average Bonchev–Trinajstić information content (AvgIpc) is 2.65. The summed E-state index contributed by atoms with van der Waals surface area (Å²) in [6.07, 6.45) is 0.922. The van der Waals surface area contributed by atoms with Crippen molar-refractivity contribution >= 4 is 29.8 Å². The fraction of sp³-hybridized carbons (Fsp3) is 0.300. The van der Waals surface area contributed by atoms with Crippen LogP contribution in [0.4, 0.5) is 5.69 Å². The van der Waals surface area contributed by atoms with Crippen molar-refractivity contribution < 1.29 is 19.1 Å². The van der Waals surface area contributed by atoms with Gasteiger partial charge in [-0.05, 0) is 49.7 Å². The Morgan fingerprint density at radius 2 is 1.70 bits per heavy atom. The second-order valence-corrected chi connectivity index (χ2v) is 5.75. The molecule has 0 aliphatic carbocycles. The second kappa shape index (κ2) is 11.9. The summed E-state index contributed by atoms with van der Waals surface area (Å²) in [4.78, 5) is 23.3. The van der Waals surface area contributed by atoms with Gasteiger partial charge in [0.05, 0.1) is 6.61 Å². The Bertz CT molecular complexity index is 735. The molecule has 27 heavy (non-hydrogen) atoms. The van der Waals surface area contributed by atoms with Gasteiger partial charge in [0.1, 0.15) is 18.1 Å². The van der Waals surface area contributed by atoms with Crippen molar-refractivity contribution in [2.45, 2.75) is 19.8 Å². The lowest BCUT2D eigenvalue weighted by Crippen LogP contribution is -2.13. The zero-order valence-electron chi connectivity index (χ0n) is 15.3. The average molecular weight is 393 g/mol. The maximum Gasteiger partial charge on any atom is 0.224 e. The van der Waals surface area contributed by atoms with E-state index in [9.17, 15) is 9.59 Å². The lowest BCUT2D eigenvalue weighted by Gasteiger charge is -2.09. The highest BCUT2D eigenvalue weighted by molar-refractivity contribution is 5.94. The number of anilines is 1. The normalized spacial score (nSPS) is 9.85. The summed E-state index contributed by atoms with van der Waals surface area (Å²) >= 11 is 0. The number of benzene rings is 2. The largest absolute Gasteiger partial charge is 0.494 e. The number of nitrogens with one attached hydrogen (secondary N) is 1. The first-order valence-electron chi connectivity index (χ1n) is 8.55. The Labute approximate surface area is 165 Å². The van der Waals surface area contributed by atoms with Crippen LogP contribution in [0.1, 0.15) is 30.1 Å². The van der Waals surface area contributed by atoms with Gasteiger partial charge in [0, 0.05) is 24.2 Å². The van der Waals surface area contributed by atoms with E-state index in [0.717, 1.165) is 5.75 Å². The van der Waals surface area contributed by atoms with Gasteiger partial charge in [-0.1, -0.05) is 12.1 Å². The number of nitrogens with two attached hydrogens (primary N) is 1. The standard InChI is InChI=1S/C20H24N2O4.ClH/c1-15(23)16-4-2-5-19(14-16)25-12-3-6-20(24)22-17-7-9-18(10-8-17)26-13-11-21;/h2,4-5,7-10,14H,3,6,11-13,21H2,1H3,(H,22,24);1H. The number of halogens is 1. The fourth-order valence-corrected chi connectivity index (χ4v) is 2.26. The Morgan fingerprint density at radius 1 is 1.00 bits per heavy atom. The van der Waals surface area contributed by atoms with Gasteiger partial charge in [0.25, 0.3) is 0 Å². The van der Waals surface area contributed by atoms with Crippen LogP contribution in [0.5, 0.6) is 11.5 Å². The van der Waals surface area contributed by atoms with Crippen molar-refractivity contribution in [3.8, 4) is 11.5 Å². The molecule has 2 rings (SSSR count). The molecule has 2 aromatic rings. The number of carbonyl (C=O) groups is 2. The Hall–Kier alpha value is -2.57. The Morgan fingerprint density at radius 3 is 2.37 bits per heavy atom. The van der Waals surface area contributed by atoms with Gasteiger partial charge in [-0.2, -0.15) is 0 Å². The van der Waals surface area contributed by atoms with Crippen LogP contribution in [-0.2, 0) is 4.79 Å². The van der Waals surface area contributed by atoms with Gasteiger partial charge < -0.3 is 20.5 Å². The minimum absolute atomic E-state index is 0. The molecule has 0 fully saturated rings. The van der Waals surface area contributed by atoms with Crippen LogP contribution in [0.2, 0.25) is 0 Å². The molecule has 0 spiro atoms. The van der Waals surface area contributed by atoms with E-state index in [1.165, 1.54) is 6.92 Å². The van der Waals surface area contributed by atoms with Crippen molar-refractivity contribution in [1.29, 1.82) is 0 Å². The number of carbonyl (C=O) groups excluding carboxylic acids is 2. The quantitative estimate of drug-likeness (QED) is 0.477. The maximum atomic E-state index is 12.0. The molecule has 7 heteroatoms. The zero-order valence-corrected chi connectivity index (χ0v) is 16.1. The topological polar surface area (TPSA) is 90.7 Å². The number of hydrogen-bond acceptors (Lipinski definition) is 5. The highest BCUT2D eigenvalue weighted by atomic mass is 35.5. The van der Waals surface area contributed by atoms with E-state index in [2.05, 4.69) is 5.32 Å². The molecule has 0 radical (unpaired) electrons. The van der Waals surface area contributed by atoms with E-state index < -0.39 is 0 Å².